The highest BCUT2D eigenvalue weighted by atomic mass is 32.2. The fourth-order valence-electron chi connectivity index (χ4n) is 3.24. The van der Waals surface area contributed by atoms with Gasteiger partial charge in [-0.2, -0.15) is 0 Å². The van der Waals surface area contributed by atoms with E-state index in [9.17, 15) is 8.76 Å². The summed E-state index contributed by atoms with van der Waals surface area (Å²) in [6, 6.07) is 20.7. The van der Waals surface area contributed by atoms with Crippen molar-refractivity contribution < 1.29 is 18.2 Å². The minimum absolute atomic E-state index is 0.286. The van der Waals surface area contributed by atoms with E-state index < -0.39 is 11.3 Å². The number of methoxy groups -OCH3 is 2. The Bertz CT molecular complexity index is 1200. The lowest BCUT2D eigenvalue weighted by molar-refractivity contribution is 0.356. The molecule has 3 aromatic carbocycles. The van der Waals surface area contributed by atoms with Crippen molar-refractivity contribution in [3.63, 3.8) is 0 Å². The summed E-state index contributed by atoms with van der Waals surface area (Å²) in [6.07, 6.45) is 1.35. The highest BCUT2D eigenvalue weighted by Gasteiger charge is 2.21. The van der Waals surface area contributed by atoms with Crippen molar-refractivity contribution in [2.75, 3.05) is 18.5 Å². The summed E-state index contributed by atoms with van der Waals surface area (Å²) in [4.78, 5) is 8.54. The first-order chi connectivity index (χ1) is 14.6. The smallest absolute Gasteiger partial charge is 0.267 e. The van der Waals surface area contributed by atoms with Gasteiger partial charge in [0.25, 0.3) is 11.3 Å². The summed E-state index contributed by atoms with van der Waals surface area (Å²) in [5.41, 5.74) is 3.14. The summed E-state index contributed by atoms with van der Waals surface area (Å²) in [5, 5.41) is 0.560. The largest absolute Gasteiger partial charge is 0.493 e. The van der Waals surface area contributed by atoms with Gasteiger partial charge in [-0.15, -0.1) is 0 Å². The van der Waals surface area contributed by atoms with Gasteiger partial charge in [-0.3, -0.25) is 4.55 Å². The van der Waals surface area contributed by atoms with Crippen molar-refractivity contribution in [3.05, 3.63) is 73.1 Å². The number of nitrogens with zero attached hydrogens (tertiary/aromatic N) is 3. The maximum atomic E-state index is 12.3. The molecule has 0 aliphatic carbocycles. The number of ether oxygens (including phenoxy) is 2. The zero-order valence-electron chi connectivity index (χ0n) is 16.4. The van der Waals surface area contributed by atoms with E-state index in [1.807, 2.05) is 42.5 Å². The quantitative estimate of drug-likeness (QED) is 0.459. The second kappa shape index (κ2) is 8.48. The van der Waals surface area contributed by atoms with Gasteiger partial charge in [-0.1, -0.05) is 42.5 Å². The number of benzene rings is 3. The van der Waals surface area contributed by atoms with E-state index in [4.69, 9.17) is 9.47 Å². The van der Waals surface area contributed by atoms with Crippen LogP contribution in [-0.2, 0) is 11.3 Å². The van der Waals surface area contributed by atoms with Gasteiger partial charge in [0.15, 0.2) is 17.3 Å². The van der Waals surface area contributed by atoms with Crippen molar-refractivity contribution in [3.8, 4) is 22.6 Å². The summed E-state index contributed by atoms with van der Waals surface area (Å²) >= 11 is -2.36. The monoisotopic (exact) mass is 421 g/mol. The van der Waals surface area contributed by atoms with Crippen LogP contribution in [0.5, 0.6) is 11.5 Å². The molecule has 30 heavy (non-hydrogen) atoms. The van der Waals surface area contributed by atoms with E-state index in [0.717, 1.165) is 11.1 Å². The molecule has 1 aromatic heterocycles. The molecule has 7 nitrogen and oxygen atoms in total. The molecular formula is C22H19N3O4S. The second-order valence-electron chi connectivity index (χ2n) is 6.36. The fraction of sp³-hybridized carbons (Fsp3) is 0.0909. The number of aromatic nitrogens is 2. The van der Waals surface area contributed by atoms with E-state index in [-0.39, 0.29) is 5.82 Å². The third-order valence-electron chi connectivity index (χ3n) is 4.68. The highest BCUT2D eigenvalue weighted by molar-refractivity contribution is 7.81. The van der Waals surface area contributed by atoms with Crippen molar-refractivity contribution in [1.82, 2.24) is 9.97 Å². The minimum Gasteiger partial charge on any atom is -0.493 e. The topological polar surface area (TPSA) is 84.8 Å². The van der Waals surface area contributed by atoms with Crippen molar-refractivity contribution >= 4 is 33.7 Å². The zero-order valence-corrected chi connectivity index (χ0v) is 17.2. The van der Waals surface area contributed by atoms with Gasteiger partial charge in [-0.25, -0.2) is 18.5 Å². The first kappa shape index (κ1) is 19.8. The average Bonchev–Trinajstić information content (AvgIpc) is 2.79. The molecule has 0 saturated heterocycles. The molecule has 1 heterocycles. The number of hydrogen-bond acceptors (Lipinski definition) is 5. The van der Waals surface area contributed by atoms with Crippen LogP contribution in [0.1, 0.15) is 0 Å². The third kappa shape index (κ3) is 3.70. The van der Waals surface area contributed by atoms with Crippen LogP contribution in [0, 0.1) is 0 Å². The Kier molecular flexibility index (Phi) is 5.60. The Morgan fingerprint density at radius 3 is 2.13 bits per heavy atom. The maximum Gasteiger partial charge on any atom is 0.267 e. The van der Waals surface area contributed by atoms with Gasteiger partial charge in [0.1, 0.15) is 6.33 Å². The van der Waals surface area contributed by atoms with Crippen molar-refractivity contribution in [2.24, 2.45) is 0 Å². The predicted octanol–water partition coefficient (Wildman–Crippen LogP) is 4.59. The molecule has 8 heteroatoms. The lowest BCUT2D eigenvalue weighted by Gasteiger charge is -2.21. The predicted molar refractivity (Wildman–Crippen MR) is 117 cm³/mol. The first-order valence-corrected chi connectivity index (χ1v) is 10.1. The summed E-state index contributed by atoms with van der Waals surface area (Å²) in [7, 11) is 3.06. The standard InChI is InChI=1S/C22H19N3O4S/c1-28-20-12-18-19(13-21(20)29-2)23-14-24-22(18)25(30(26)27)17-10-8-16(9-11-17)15-6-4-3-5-7-15/h3-14H,1-2H3,(H,26,27). The van der Waals surface area contributed by atoms with Crippen LogP contribution >= 0.6 is 0 Å². The molecule has 1 N–H and O–H groups in total. The molecule has 0 aliphatic rings. The van der Waals surface area contributed by atoms with Gasteiger partial charge < -0.3 is 9.47 Å². The first-order valence-electron chi connectivity index (χ1n) is 9.05. The third-order valence-corrected chi connectivity index (χ3v) is 5.37. The number of fused-ring (bicyclic) bond motifs is 1. The number of hydrogen-bond donors (Lipinski definition) is 1. The molecule has 0 spiro atoms. The van der Waals surface area contributed by atoms with Gasteiger partial charge in [0, 0.05) is 11.5 Å². The molecule has 1 unspecified atom stereocenters. The van der Waals surface area contributed by atoms with E-state index in [1.54, 1.807) is 24.3 Å². The van der Waals surface area contributed by atoms with E-state index in [2.05, 4.69) is 9.97 Å². The summed E-state index contributed by atoms with van der Waals surface area (Å²) in [6.45, 7) is 0. The molecule has 0 bridgehead atoms. The lowest BCUT2D eigenvalue weighted by atomic mass is 10.1. The molecule has 0 radical (unpaired) electrons. The van der Waals surface area contributed by atoms with Gasteiger partial charge in [-0.05, 0) is 29.3 Å². The Balaban J connectivity index is 1.82. The SMILES string of the molecule is COc1cc2ncnc(N(c3ccc(-c4ccccc4)cc3)S(=O)O)c2cc1OC. The van der Waals surface area contributed by atoms with E-state index >= 15 is 0 Å². The lowest BCUT2D eigenvalue weighted by Crippen LogP contribution is -2.20. The summed E-state index contributed by atoms with van der Waals surface area (Å²) in [5.74, 6) is 1.27. The molecule has 0 fully saturated rings. The average molecular weight is 421 g/mol. The van der Waals surface area contributed by atoms with Crippen LogP contribution in [0.25, 0.3) is 22.0 Å². The van der Waals surface area contributed by atoms with Crippen LogP contribution < -0.4 is 13.8 Å². The Hall–Kier alpha value is -3.49. The molecule has 4 aromatic rings. The molecule has 152 valence electrons. The molecule has 1 atom stereocenters. The Morgan fingerprint density at radius 1 is 0.867 bits per heavy atom. The van der Waals surface area contributed by atoms with Crippen LogP contribution in [-0.4, -0.2) is 32.9 Å². The number of anilines is 2. The van der Waals surface area contributed by atoms with Crippen LogP contribution in [0.3, 0.4) is 0 Å². The van der Waals surface area contributed by atoms with E-state index in [0.29, 0.717) is 28.1 Å². The van der Waals surface area contributed by atoms with Crippen molar-refractivity contribution in [1.29, 1.82) is 0 Å². The van der Waals surface area contributed by atoms with Gasteiger partial charge in [0.2, 0.25) is 0 Å². The Labute approximate surface area is 176 Å². The Morgan fingerprint density at radius 2 is 1.50 bits per heavy atom. The molecule has 0 aliphatic heterocycles. The van der Waals surface area contributed by atoms with Crippen LogP contribution in [0.4, 0.5) is 11.5 Å². The fourth-order valence-corrected chi connectivity index (χ4v) is 3.83. The molecular weight excluding hydrogens is 402 g/mol. The normalized spacial score (nSPS) is 11.8. The highest BCUT2D eigenvalue weighted by Crippen LogP contribution is 2.37. The van der Waals surface area contributed by atoms with E-state index in [1.165, 1.54) is 24.9 Å². The minimum atomic E-state index is -2.36. The molecule has 4 rings (SSSR count). The van der Waals surface area contributed by atoms with Crippen LogP contribution in [0.15, 0.2) is 73.1 Å². The van der Waals surface area contributed by atoms with Crippen LogP contribution in [0.2, 0.25) is 0 Å². The van der Waals surface area contributed by atoms with Crippen molar-refractivity contribution in [2.45, 2.75) is 0 Å². The van der Waals surface area contributed by atoms with Gasteiger partial charge in [0.05, 0.1) is 25.4 Å². The summed E-state index contributed by atoms with van der Waals surface area (Å²) < 4.78 is 34.3. The number of rotatable bonds is 6. The van der Waals surface area contributed by atoms with Gasteiger partial charge >= 0.3 is 0 Å². The zero-order chi connectivity index (χ0) is 21.1. The molecule has 0 saturated carbocycles. The second-order valence-corrected chi connectivity index (χ2v) is 7.19. The molecule has 0 amide bonds. The maximum absolute atomic E-state index is 12.3.